The second-order valence-corrected chi connectivity index (χ2v) is 7.16. The van der Waals surface area contributed by atoms with Crippen molar-refractivity contribution in [2.45, 2.75) is 6.92 Å². The number of nitrogens with one attached hydrogen (secondary N) is 3. The molecule has 1 aromatic heterocycles. The minimum Gasteiger partial charge on any atom is -0.360 e. The van der Waals surface area contributed by atoms with Gasteiger partial charge in [0, 0.05) is 49.3 Å². The number of aromatic nitrogens is 1. The highest BCUT2D eigenvalue weighted by atomic mass is 19.1. The molecule has 0 unspecified atom stereocenters. The SMILES string of the molecule is Cc1c(NC(=O)N2CCN(C)CC2)c[nH]c1/C=C1\C(=O)Nc2ccc(F)cc21. The van der Waals surface area contributed by atoms with E-state index in [1.54, 1.807) is 23.2 Å². The van der Waals surface area contributed by atoms with E-state index in [1.807, 2.05) is 14.0 Å². The van der Waals surface area contributed by atoms with E-state index in [2.05, 4.69) is 20.5 Å². The van der Waals surface area contributed by atoms with E-state index in [1.165, 1.54) is 12.1 Å². The Kier molecular flexibility index (Phi) is 4.64. The van der Waals surface area contributed by atoms with Gasteiger partial charge in [-0.15, -0.1) is 0 Å². The largest absolute Gasteiger partial charge is 0.360 e. The van der Waals surface area contributed by atoms with Gasteiger partial charge >= 0.3 is 6.03 Å². The molecule has 0 bridgehead atoms. The molecule has 28 heavy (non-hydrogen) atoms. The van der Waals surface area contributed by atoms with Crippen molar-refractivity contribution < 1.29 is 14.0 Å². The first-order valence-corrected chi connectivity index (χ1v) is 9.18. The molecule has 146 valence electrons. The molecule has 2 aliphatic heterocycles. The molecule has 0 radical (unpaired) electrons. The number of aromatic amines is 1. The molecule has 0 spiro atoms. The van der Waals surface area contributed by atoms with E-state index in [-0.39, 0.29) is 11.9 Å². The van der Waals surface area contributed by atoms with Crippen LogP contribution in [0.15, 0.2) is 24.4 Å². The highest BCUT2D eigenvalue weighted by Crippen LogP contribution is 2.34. The number of fused-ring (bicyclic) bond motifs is 1. The van der Waals surface area contributed by atoms with Crippen molar-refractivity contribution in [1.29, 1.82) is 0 Å². The van der Waals surface area contributed by atoms with Gasteiger partial charge < -0.3 is 25.4 Å². The number of H-pyrrole nitrogens is 1. The molecule has 3 heterocycles. The molecule has 3 amide bonds. The molecule has 2 aliphatic rings. The Balaban J connectivity index is 1.55. The maximum Gasteiger partial charge on any atom is 0.321 e. The summed E-state index contributed by atoms with van der Waals surface area (Å²) in [6.07, 6.45) is 3.39. The number of anilines is 2. The van der Waals surface area contributed by atoms with Gasteiger partial charge in [-0.1, -0.05) is 0 Å². The van der Waals surface area contributed by atoms with Crippen molar-refractivity contribution in [3.63, 3.8) is 0 Å². The van der Waals surface area contributed by atoms with Crippen molar-refractivity contribution in [1.82, 2.24) is 14.8 Å². The van der Waals surface area contributed by atoms with E-state index in [0.29, 0.717) is 41.3 Å². The number of piperazine rings is 1. The first-order valence-electron chi connectivity index (χ1n) is 9.18. The second kappa shape index (κ2) is 7.12. The fraction of sp³-hybridized carbons (Fsp3) is 0.300. The number of benzene rings is 1. The van der Waals surface area contributed by atoms with Gasteiger partial charge in [0.2, 0.25) is 0 Å². The Bertz CT molecular complexity index is 973. The van der Waals surface area contributed by atoms with E-state index < -0.39 is 5.82 Å². The van der Waals surface area contributed by atoms with Crippen LogP contribution in [0.1, 0.15) is 16.8 Å². The number of amides is 3. The molecule has 3 N–H and O–H groups in total. The number of likely N-dealkylation sites (N-methyl/N-ethyl adjacent to an activating group) is 1. The molecule has 8 heteroatoms. The van der Waals surface area contributed by atoms with Gasteiger partial charge in [0.15, 0.2) is 0 Å². The fourth-order valence-corrected chi connectivity index (χ4v) is 3.44. The Morgan fingerprint density at radius 3 is 2.75 bits per heavy atom. The Morgan fingerprint density at radius 2 is 2.00 bits per heavy atom. The Labute approximate surface area is 162 Å². The molecule has 1 fully saturated rings. The number of carbonyl (C=O) groups is 2. The van der Waals surface area contributed by atoms with Crippen LogP contribution in [0.4, 0.5) is 20.6 Å². The molecule has 1 aromatic carbocycles. The summed E-state index contributed by atoms with van der Waals surface area (Å²) < 4.78 is 13.6. The number of carbonyl (C=O) groups excluding carboxylic acids is 2. The second-order valence-electron chi connectivity index (χ2n) is 7.16. The van der Waals surface area contributed by atoms with E-state index >= 15 is 0 Å². The number of hydrogen-bond donors (Lipinski definition) is 3. The number of nitrogens with zero attached hydrogens (tertiary/aromatic N) is 2. The summed E-state index contributed by atoms with van der Waals surface area (Å²) in [5.74, 6) is -0.679. The van der Waals surface area contributed by atoms with Crippen molar-refractivity contribution in [2.75, 3.05) is 43.9 Å². The van der Waals surface area contributed by atoms with E-state index in [4.69, 9.17) is 0 Å². The average Bonchev–Trinajstić information content (AvgIpc) is 3.16. The third kappa shape index (κ3) is 3.38. The van der Waals surface area contributed by atoms with Crippen LogP contribution >= 0.6 is 0 Å². The predicted molar refractivity (Wildman–Crippen MR) is 107 cm³/mol. The summed E-state index contributed by atoms with van der Waals surface area (Å²) in [5.41, 5.74) is 3.67. The normalized spacial score (nSPS) is 18.3. The molecular formula is C20H22FN5O2. The minimum atomic E-state index is -0.399. The molecule has 0 saturated carbocycles. The summed E-state index contributed by atoms with van der Waals surface area (Å²) in [6.45, 7) is 4.93. The van der Waals surface area contributed by atoms with Crippen LogP contribution in [-0.4, -0.2) is 59.9 Å². The van der Waals surface area contributed by atoms with Gasteiger partial charge in [0.05, 0.1) is 11.3 Å². The molecule has 0 atom stereocenters. The fourth-order valence-electron chi connectivity index (χ4n) is 3.44. The third-order valence-electron chi connectivity index (χ3n) is 5.27. The predicted octanol–water partition coefficient (Wildman–Crippen LogP) is 2.73. The van der Waals surface area contributed by atoms with Crippen LogP contribution in [0.25, 0.3) is 11.6 Å². The number of rotatable bonds is 2. The van der Waals surface area contributed by atoms with Crippen LogP contribution in [0.3, 0.4) is 0 Å². The summed E-state index contributed by atoms with van der Waals surface area (Å²) >= 11 is 0. The lowest BCUT2D eigenvalue weighted by Crippen LogP contribution is -2.48. The van der Waals surface area contributed by atoms with Gasteiger partial charge in [-0.3, -0.25) is 4.79 Å². The first kappa shape index (κ1) is 18.2. The standard InChI is InChI=1S/C20H22FN5O2/c1-12-17(10-15-14-9-13(21)3-4-16(14)23-19(15)27)22-11-18(12)24-20(28)26-7-5-25(2)6-8-26/h3-4,9-11,22H,5-8H2,1-2H3,(H,23,27)(H,24,28)/b15-10-. The van der Waals surface area contributed by atoms with Crippen LogP contribution in [0, 0.1) is 12.7 Å². The smallest absolute Gasteiger partial charge is 0.321 e. The van der Waals surface area contributed by atoms with Crippen LogP contribution in [0.5, 0.6) is 0 Å². The summed E-state index contributed by atoms with van der Waals surface area (Å²) in [5, 5.41) is 5.66. The van der Waals surface area contributed by atoms with Crippen LogP contribution < -0.4 is 10.6 Å². The van der Waals surface area contributed by atoms with E-state index in [0.717, 1.165) is 18.7 Å². The molecule has 7 nitrogen and oxygen atoms in total. The summed E-state index contributed by atoms with van der Waals surface area (Å²) in [4.78, 5) is 31.8. The Hall–Kier alpha value is -3.13. The van der Waals surface area contributed by atoms with Crippen molar-refractivity contribution in [3.05, 3.63) is 47.0 Å². The van der Waals surface area contributed by atoms with Gasteiger partial charge in [0.1, 0.15) is 5.82 Å². The molecule has 2 aromatic rings. The Morgan fingerprint density at radius 1 is 1.25 bits per heavy atom. The van der Waals surface area contributed by atoms with Crippen LogP contribution in [-0.2, 0) is 4.79 Å². The number of urea groups is 1. The summed E-state index contributed by atoms with van der Waals surface area (Å²) in [7, 11) is 2.04. The lowest BCUT2D eigenvalue weighted by Gasteiger charge is -2.32. The lowest BCUT2D eigenvalue weighted by atomic mass is 10.0. The highest BCUT2D eigenvalue weighted by molar-refractivity contribution is 6.34. The number of halogens is 1. The summed E-state index contributed by atoms with van der Waals surface area (Å²) in [6, 6.07) is 4.06. The highest BCUT2D eigenvalue weighted by Gasteiger charge is 2.25. The molecule has 4 rings (SSSR count). The molecule has 1 saturated heterocycles. The molecular weight excluding hydrogens is 361 g/mol. The monoisotopic (exact) mass is 383 g/mol. The zero-order valence-electron chi connectivity index (χ0n) is 15.8. The van der Waals surface area contributed by atoms with Crippen LogP contribution in [0.2, 0.25) is 0 Å². The zero-order valence-corrected chi connectivity index (χ0v) is 15.8. The average molecular weight is 383 g/mol. The first-order chi connectivity index (χ1) is 13.4. The van der Waals surface area contributed by atoms with E-state index in [9.17, 15) is 14.0 Å². The topological polar surface area (TPSA) is 80.5 Å². The van der Waals surface area contributed by atoms with Crippen molar-refractivity contribution >= 4 is 35.0 Å². The maximum absolute atomic E-state index is 13.6. The van der Waals surface area contributed by atoms with Gasteiger partial charge in [-0.05, 0) is 43.8 Å². The van der Waals surface area contributed by atoms with Gasteiger partial charge in [-0.25, -0.2) is 9.18 Å². The lowest BCUT2D eigenvalue weighted by molar-refractivity contribution is -0.110. The van der Waals surface area contributed by atoms with Gasteiger partial charge in [-0.2, -0.15) is 0 Å². The minimum absolute atomic E-state index is 0.138. The quantitative estimate of drug-likeness (QED) is 0.698. The van der Waals surface area contributed by atoms with Gasteiger partial charge in [0.25, 0.3) is 5.91 Å². The zero-order chi connectivity index (χ0) is 19.8. The molecule has 0 aliphatic carbocycles. The maximum atomic E-state index is 13.6. The third-order valence-corrected chi connectivity index (χ3v) is 5.27. The number of hydrogen-bond acceptors (Lipinski definition) is 3. The van der Waals surface area contributed by atoms with Crippen molar-refractivity contribution in [2.24, 2.45) is 0 Å². The van der Waals surface area contributed by atoms with Crippen molar-refractivity contribution in [3.8, 4) is 0 Å².